The van der Waals surface area contributed by atoms with Gasteiger partial charge in [-0.1, -0.05) is 43.3 Å². The van der Waals surface area contributed by atoms with Crippen LogP contribution in [-0.2, 0) is 4.79 Å². The van der Waals surface area contributed by atoms with Gasteiger partial charge in [0.1, 0.15) is 5.75 Å². The quantitative estimate of drug-likeness (QED) is 0.751. The Morgan fingerprint density at radius 3 is 2.03 bits per heavy atom. The van der Waals surface area contributed by atoms with Gasteiger partial charge in [0.05, 0.1) is 17.6 Å². The zero-order valence-electron chi connectivity index (χ0n) is 16.6. The maximum absolute atomic E-state index is 12.9. The predicted octanol–water partition coefficient (Wildman–Crippen LogP) is 4.48. The van der Waals surface area contributed by atoms with E-state index >= 15 is 0 Å². The summed E-state index contributed by atoms with van der Waals surface area (Å²) in [7, 11) is 0. The Morgan fingerprint density at radius 1 is 0.966 bits per heavy atom. The van der Waals surface area contributed by atoms with Gasteiger partial charge in [-0.2, -0.15) is 0 Å². The second-order valence-electron chi connectivity index (χ2n) is 7.77. The molecule has 29 heavy (non-hydrogen) atoms. The van der Waals surface area contributed by atoms with Crippen LogP contribution in [0.1, 0.15) is 39.0 Å². The number of carboxylic acid groups (broad SMARTS) is 1. The third-order valence-corrected chi connectivity index (χ3v) is 5.96. The molecule has 0 atom stereocenters. The van der Waals surface area contributed by atoms with Crippen molar-refractivity contribution in [1.29, 1.82) is 0 Å². The van der Waals surface area contributed by atoms with Gasteiger partial charge in [0, 0.05) is 5.69 Å². The van der Waals surface area contributed by atoms with Gasteiger partial charge in [0.2, 0.25) is 0 Å². The molecule has 6 nitrogen and oxygen atoms in total. The van der Waals surface area contributed by atoms with Crippen molar-refractivity contribution >= 4 is 17.7 Å². The van der Waals surface area contributed by atoms with E-state index in [1.807, 2.05) is 31.2 Å². The predicted molar refractivity (Wildman–Crippen MR) is 110 cm³/mol. The van der Waals surface area contributed by atoms with E-state index in [-0.39, 0.29) is 6.54 Å². The maximum Gasteiger partial charge on any atom is 0.419 e. The number of aliphatic carboxylic acids is 1. The zero-order chi connectivity index (χ0) is 20.9. The van der Waals surface area contributed by atoms with E-state index in [1.165, 1.54) is 4.90 Å². The van der Waals surface area contributed by atoms with Crippen LogP contribution in [0, 0.1) is 5.41 Å². The number of carbonyl (C=O) groups is 2. The monoisotopic (exact) mass is 397 g/mol. The number of rotatable bonds is 6. The van der Waals surface area contributed by atoms with Gasteiger partial charge in [-0.15, -0.1) is 0 Å². The van der Waals surface area contributed by atoms with Gasteiger partial charge in [-0.05, 0) is 56.4 Å². The average Bonchev–Trinajstić information content (AvgIpc) is 2.74. The minimum atomic E-state index is -1.17. The topological polar surface area (TPSA) is 87.1 Å². The average molecular weight is 397 g/mol. The first kappa shape index (κ1) is 20.9. The van der Waals surface area contributed by atoms with Crippen molar-refractivity contribution in [3.05, 3.63) is 60.7 Å². The van der Waals surface area contributed by atoms with Crippen LogP contribution in [0.2, 0.25) is 0 Å². The first-order valence-electron chi connectivity index (χ1n) is 9.93. The highest BCUT2D eigenvalue weighted by molar-refractivity contribution is 5.89. The molecule has 0 unspecified atom stereocenters. The van der Waals surface area contributed by atoms with Crippen LogP contribution >= 0.6 is 0 Å². The molecule has 0 spiro atoms. The Balaban J connectivity index is 1.79. The fourth-order valence-corrected chi connectivity index (χ4v) is 3.88. The van der Waals surface area contributed by atoms with Gasteiger partial charge >= 0.3 is 12.1 Å². The van der Waals surface area contributed by atoms with Crippen LogP contribution in [0.5, 0.6) is 5.75 Å². The van der Waals surface area contributed by atoms with Crippen LogP contribution in [0.4, 0.5) is 10.5 Å². The van der Waals surface area contributed by atoms with Crippen LogP contribution in [0.25, 0.3) is 0 Å². The van der Waals surface area contributed by atoms with E-state index in [1.54, 1.807) is 36.4 Å². The molecule has 1 saturated carbocycles. The summed E-state index contributed by atoms with van der Waals surface area (Å²) in [5.41, 5.74) is -1.35. The molecule has 0 aromatic heterocycles. The summed E-state index contributed by atoms with van der Waals surface area (Å²) in [5, 5.41) is 20.8. The van der Waals surface area contributed by atoms with E-state index < -0.39 is 23.1 Å². The van der Waals surface area contributed by atoms with Gasteiger partial charge in [-0.3, -0.25) is 9.69 Å². The first-order chi connectivity index (χ1) is 13.9. The highest BCUT2D eigenvalue weighted by Gasteiger charge is 2.46. The molecule has 1 fully saturated rings. The lowest BCUT2D eigenvalue weighted by Gasteiger charge is -2.43. The number of amides is 1. The Kier molecular flexibility index (Phi) is 6.23. The summed E-state index contributed by atoms with van der Waals surface area (Å²) < 4.78 is 5.50. The van der Waals surface area contributed by atoms with Crippen molar-refractivity contribution in [1.82, 2.24) is 0 Å². The Bertz CT molecular complexity index is 829. The van der Waals surface area contributed by atoms with Gasteiger partial charge in [0.25, 0.3) is 0 Å². The summed E-state index contributed by atoms with van der Waals surface area (Å²) in [6.45, 7) is 1.91. The Labute approximate surface area is 170 Å². The summed E-state index contributed by atoms with van der Waals surface area (Å²) in [4.78, 5) is 26.0. The molecule has 1 aliphatic rings. The number of aliphatic hydroxyl groups is 1. The van der Waals surface area contributed by atoms with Crippen LogP contribution in [0.3, 0.4) is 0 Å². The molecule has 2 aromatic carbocycles. The van der Waals surface area contributed by atoms with E-state index in [0.29, 0.717) is 43.5 Å². The second kappa shape index (κ2) is 8.66. The number of para-hydroxylation sites is 2. The van der Waals surface area contributed by atoms with Gasteiger partial charge in [0.15, 0.2) is 0 Å². The third-order valence-electron chi connectivity index (χ3n) is 5.96. The third kappa shape index (κ3) is 4.77. The second-order valence-corrected chi connectivity index (χ2v) is 7.77. The van der Waals surface area contributed by atoms with Crippen molar-refractivity contribution in [3.63, 3.8) is 0 Å². The fourth-order valence-electron chi connectivity index (χ4n) is 3.88. The van der Waals surface area contributed by atoms with Crippen LogP contribution < -0.4 is 9.64 Å². The summed E-state index contributed by atoms with van der Waals surface area (Å²) in [6.07, 6.45) is 1.33. The molecule has 0 bridgehead atoms. The van der Waals surface area contributed by atoms with E-state index in [0.717, 1.165) is 0 Å². The minimum absolute atomic E-state index is 0.0437. The molecule has 2 N–H and O–H groups in total. The van der Waals surface area contributed by atoms with E-state index in [2.05, 4.69) is 0 Å². The highest BCUT2D eigenvalue weighted by atomic mass is 16.6. The van der Waals surface area contributed by atoms with Crippen molar-refractivity contribution in [2.45, 2.75) is 44.6 Å². The molecule has 1 amide bonds. The highest BCUT2D eigenvalue weighted by Crippen LogP contribution is 2.44. The molecular weight excluding hydrogens is 370 g/mol. The molecule has 3 rings (SSSR count). The lowest BCUT2D eigenvalue weighted by atomic mass is 9.67. The lowest BCUT2D eigenvalue weighted by molar-refractivity contribution is -0.154. The molecule has 0 heterocycles. The number of hydrogen-bond donors (Lipinski definition) is 2. The van der Waals surface area contributed by atoms with Crippen molar-refractivity contribution < 1.29 is 24.5 Å². The fraction of sp³-hybridized carbons (Fsp3) is 0.391. The molecule has 154 valence electrons. The lowest BCUT2D eigenvalue weighted by Crippen LogP contribution is -2.51. The van der Waals surface area contributed by atoms with Gasteiger partial charge < -0.3 is 14.9 Å². The smallest absolute Gasteiger partial charge is 0.419 e. The van der Waals surface area contributed by atoms with E-state index in [4.69, 9.17) is 4.74 Å². The molecule has 0 saturated heterocycles. The molecule has 6 heteroatoms. The minimum Gasteiger partial charge on any atom is -0.481 e. The number of benzene rings is 2. The maximum atomic E-state index is 12.9. The van der Waals surface area contributed by atoms with Crippen molar-refractivity contribution in [2.24, 2.45) is 5.41 Å². The number of ether oxygens (including phenoxy) is 1. The molecule has 0 aliphatic heterocycles. The Morgan fingerprint density at radius 2 is 1.52 bits per heavy atom. The normalized spacial score (nSPS) is 23.9. The SMILES string of the molecule is CCC1(C(=O)O)CCC(O)(CN(C(=O)Oc2ccccc2)c2ccccc2)CC1. The van der Waals surface area contributed by atoms with Crippen molar-refractivity contribution in [2.75, 3.05) is 11.4 Å². The summed E-state index contributed by atoms with van der Waals surface area (Å²) in [6, 6.07) is 17.8. The molecule has 2 aromatic rings. The standard InChI is InChI=1S/C23H27NO5/c1-2-22(20(25)26)13-15-23(28,16-14-22)17-24(18-9-5-3-6-10-18)21(27)29-19-11-7-4-8-12-19/h3-12,28H,2,13-17H2,1H3,(H,25,26). The van der Waals surface area contributed by atoms with Gasteiger partial charge in [-0.25, -0.2) is 4.79 Å². The zero-order valence-corrected chi connectivity index (χ0v) is 16.6. The number of anilines is 1. The molecular formula is C23H27NO5. The summed E-state index contributed by atoms with van der Waals surface area (Å²) in [5.74, 6) is -0.393. The Hall–Kier alpha value is -2.86. The van der Waals surface area contributed by atoms with E-state index in [9.17, 15) is 19.8 Å². The number of carboxylic acids is 1. The first-order valence-corrected chi connectivity index (χ1v) is 9.93. The number of hydrogen-bond acceptors (Lipinski definition) is 4. The largest absolute Gasteiger partial charge is 0.481 e. The molecule has 1 aliphatic carbocycles. The van der Waals surface area contributed by atoms with Crippen molar-refractivity contribution in [3.8, 4) is 5.75 Å². The summed E-state index contributed by atoms with van der Waals surface area (Å²) >= 11 is 0. The number of carbonyl (C=O) groups excluding carboxylic acids is 1. The molecule has 0 radical (unpaired) electrons. The van der Waals surface area contributed by atoms with Crippen LogP contribution in [0.15, 0.2) is 60.7 Å². The number of nitrogens with zero attached hydrogens (tertiary/aromatic N) is 1. The van der Waals surface area contributed by atoms with Crippen LogP contribution in [-0.4, -0.2) is 34.4 Å².